The van der Waals surface area contributed by atoms with Crippen LogP contribution in [0.2, 0.25) is 5.02 Å². The Morgan fingerprint density at radius 1 is 1.38 bits per heavy atom. The Balaban J connectivity index is 2.30. The zero-order valence-electron chi connectivity index (χ0n) is 12.8. The molecule has 1 unspecified atom stereocenters. The maximum atomic E-state index is 6.34. The average Bonchev–Trinajstić information content (AvgIpc) is 2.86. The largest absolute Gasteiger partial charge is 0.496 e. The number of nitrogens with one attached hydrogen (secondary N) is 1. The van der Waals surface area contributed by atoms with Crippen LogP contribution in [-0.2, 0) is 13.0 Å². The van der Waals surface area contributed by atoms with Crippen LogP contribution in [-0.4, -0.2) is 23.9 Å². The smallest absolute Gasteiger partial charge is 0.122 e. The van der Waals surface area contributed by atoms with E-state index in [2.05, 4.69) is 23.4 Å². The van der Waals surface area contributed by atoms with Crippen molar-refractivity contribution in [1.29, 1.82) is 0 Å². The summed E-state index contributed by atoms with van der Waals surface area (Å²) in [6, 6.07) is 8.16. The van der Waals surface area contributed by atoms with Gasteiger partial charge in [-0.25, -0.2) is 0 Å². The fraction of sp³-hybridized carbons (Fsp3) is 0.438. The van der Waals surface area contributed by atoms with Gasteiger partial charge in [0.2, 0.25) is 0 Å². The molecule has 0 amide bonds. The Morgan fingerprint density at radius 3 is 2.81 bits per heavy atom. The van der Waals surface area contributed by atoms with Crippen LogP contribution in [0.1, 0.15) is 30.6 Å². The van der Waals surface area contributed by atoms with Crippen molar-refractivity contribution in [3.05, 3.63) is 46.7 Å². The van der Waals surface area contributed by atoms with E-state index in [-0.39, 0.29) is 6.04 Å². The van der Waals surface area contributed by atoms with Crippen molar-refractivity contribution in [2.45, 2.75) is 32.4 Å². The van der Waals surface area contributed by atoms with Gasteiger partial charge in [0, 0.05) is 6.54 Å². The van der Waals surface area contributed by atoms with E-state index in [4.69, 9.17) is 16.3 Å². The summed E-state index contributed by atoms with van der Waals surface area (Å²) in [6.07, 6.45) is 3.55. The molecule has 0 spiro atoms. The average molecular weight is 308 g/mol. The molecule has 0 radical (unpaired) electrons. The minimum absolute atomic E-state index is 0.0999. The van der Waals surface area contributed by atoms with Crippen LogP contribution < -0.4 is 10.1 Å². The molecule has 0 aliphatic rings. The molecule has 1 heterocycles. The molecule has 0 saturated carbocycles. The third-order valence-electron chi connectivity index (χ3n) is 3.56. The van der Waals surface area contributed by atoms with Gasteiger partial charge in [-0.2, -0.15) is 5.10 Å². The highest BCUT2D eigenvalue weighted by atomic mass is 35.5. The summed E-state index contributed by atoms with van der Waals surface area (Å²) in [5.41, 5.74) is 2.19. The molecule has 0 saturated heterocycles. The number of hydrogen-bond acceptors (Lipinski definition) is 3. The lowest BCUT2D eigenvalue weighted by Gasteiger charge is -2.20. The molecule has 1 atom stereocenters. The van der Waals surface area contributed by atoms with Crippen LogP contribution in [0.4, 0.5) is 0 Å². The van der Waals surface area contributed by atoms with E-state index in [1.54, 1.807) is 13.3 Å². The van der Waals surface area contributed by atoms with Gasteiger partial charge in [-0.15, -0.1) is 0 Å². The maximum absolute atomic E-state index is 6.34. The number of halogens is 1. The van der Waals surface area contributed by atoms with Gasteiger partial charge >= 0.3 is 0 Å². The van der Waals surface area contributed by atoms with Crippen LogP contribution in [0.25, 0.3) is 0 Å². The fourth-order valence-electron chi connectivity index (χ4n) is 2.54. The van der Waals surface area contributed by atoms with E-state index in [1.807, 2.05) is 29.9 Å². The van der Waals surface area contributed by atoms with Gasteiger partial charge in [0.1, 0.15) is 5.75 Å². The lowest BCUT2D eigenvalue weighted by molar-refractivity contribution is 0.404. The Bertz CT molecular complexity index is 583. The summed E-state index contributed by atoms with van der Waals surface area (Å²) in [5.74, 6) is 0.899. The minimum atomic E-state index is 0.0999. The monoisotopic (exact) mass is 307 g/mol. The molecular weight excluding hydrogens is 286 g/mol. The Kier molecular flexibility index (Phi) is 5.65. The van der Waals surface area contributed by atoms with Gasteiger partial charge in [-0.05, 0) is 31.5 Å². The number of benzene rings is 1. The Hall–Kier alpha value is -1.52. The number of nitrogens with zero attached hydrogens (tertiary/aromatic N) is 2. The van der Waals surface area contributed by atoms with Gasteiger partial charge < -0.3 is 10.1 Å². The standard InChI is InChI=1S/C16H22ClN3O/c1-4-9-20-16(13(17)11-19-20)14(18-2)10-12-7-5-6-8-15(12)21-3/h5-8,11,14,18H,4,9-10H2,1-3H3. The molecule has 114 valence electrons. The number of hydrogen-bond donors (Lipinski definition) is 1. The summed E-state index contributed by atoms with van der Waals surface area (Å²) >= 11 is 6.34. The van der Waals surface area contributed by atoms with E-state index >= 15 is 0 Å². The lowest BCUT2D eigenvalue weighted by Crippen LogP contribution is -2.23. The number of methoxy groups -OCH3 is 1. The quantitative estimate of drug-likeness (QED) is 0.851. The zero-order valence-corrected chi connectivity index (χ0v) is 13.5. The Morgan fingerprint density at radius 2 is 2.14 bits per heavy atom. The second kappa shape index (κ2) is 7.48. The van der Waals surface area contributed by atoms with Crippen LogP contribution >= 0.6 is 11.6 Å². The van der Waals surface area contributed by atoms with E-state index in [9.17, 15) is 0 Å². The summed E-state index contributed by atoms with van der Waals surface area (Å²) < 4.78 is 7.42. The minimum Gasteiger partial charge on any atom is -0.496 e. The first kappa shape index (κ1) is 15.9. The van der Waals surface area contributed by atoms with Crippen molar-refractivity contribution in [3.8, 4) is 5.75 Å². The molecule has 0 aliphatic carbocycles. The van der Waals surface area contributed by atoms with Crippen LogP contribution in [0.5, 0.6) is 5.75 Å². The van der Waals surface area contributed by atoms with Gasteiger partial charge in [0.05, 0.1) is 30.1 Å². The van der Waals surface area contributed by atoms with E-state index in [1.165, 1.54) is 0 Å². The first-order valence-electron chi connectivity index (χ1n) is 7.21. The molecule has 1 N–H and O–H groups in total. The van der Waals surface area contributed by atoms with Crippen LogP contribution in [0.15, 0.2) is 30.5 Å². The van der Waals surface area contributed by atoms with Gasteiger partial charge in [-0.3, -0.25) is 4.68 Å². The molecular formula is C16H22ClN3O. The van der Waals surface area contributed by atoms with Gasteiger partial charge in [0.25, 0.3) is 0 Å². The Labute approximate surface area is 131 Å². The topological polar surface area (TPSA) is 39.1 Å². The number of likely N-dealkylation sites (N-methyl/N-ethyl adjacent to an activating group) is 1. The molecule has 1 aromatic heterocycles. The third kappa shape index (κ3) is 3.57. The fourth-order valence-corrected chi connectivity index (χ4v) is 2.81. The predicted molar refractivity (Wildman–Crippen MR) is 86.0 cm³/mol. The van der Waals surface area contributed by atoms with Crippen molar-refractivity contribution >= 4 is 11.6 Å². The van der Waals surface area contributed by atoms with E-state index < -0.39 is 0 Å². The van der Waals surface area contributed by atoms with Crippen LogP contribution in [0, 0.1) is 0 Å². The molecule has 2 rings (SSSR count). The van der Waals surface area contributed by atoms with Crippen molar-refractivity contribution in [2.24, 2.45) is 0 Å². The highest BCUT2D eigenvalue weighted by molar-refractivity contribution is 6.31. The second-order valence-electron chi connectivity index (χ2n) is 4.96. The molecule has 4 nitrogen and oxygen atoms in total. The van der Waals surface area contributed by atoms with E-state index in [0.29, 0.717) is 5.02 Å². The normalized spacial score (nSPS) is 12.4. The first-order valence-corrected chi connectivity index (χ1v) is 7.59. The number of para-hydroxylation sites is 1. The lowest BCUT2D eigenvalue weighted by atomic mass is 10.0. The highest BCUT2D eigenvalue weighted by Crippen LogP contribution is 2.28. The molecule has 0 bridgehead atoms. The number of rotatable bonds is 7. The first-order chi connectivity index (χ1) is 10.2. The SMILES string of the molecule is CCCn1ncc(Cl)c1C(Cc1ccccc1OC)NC. The second-order valence-corrected chi connectivity index (χ2v) is 5.37. The van der Waals surface area contributed by atoms with Crippen molar-refractivity contribution < 1.29 is 4.74 Å². The van der Waals surface area contributed by atoms with Crippen molar-refractivity contribution in [3.63, 3.8) is 0 Å². The number of aryl methyl sites for hydroxylation is 1. The third-order valence-corrected chi connectivity index (χ3v) is 3.85. The van der Waals surface area contributed by atoms with Crippen LogP contribution in [0.3, 0.4) is 0 Å². The van der Waals surface area contributed by atoms with Crippen molar-refractivity contribution in [1.82, 2.24) is 15.1 Å². The highest BCUT2D eigenvalue weighted by Gasteiger charge is 2.20. The molecule has 1 aromatic carbocycles. The molecule has 5 heteroatoms. The van der Waals surface area contributed by atoms with Crippen molar-refractivity contribution in [2.75, 3.05) is 14.2 Å². The van der Waals surface area contributed by atoms with E-state index in [0.717, 1.165) is 36.4 Å². The number of aromatic nitrogens is 2. The summed E-state index contributed by atoms with van der Waals surface area (Å²) in [6.45, 7) is 3.00. The molecule has 2 aromatic rings. The maximum Gasteiger partial charge on any atom is 0.122 e. The zero-order chi connectivity index (χ0) is 15.2. The van der Waals surface area contributed by atoms with Gasteiger partial charge in [-0.1, -0.05) is 36.7 Å². The molecule has 21 heavy (non-hydrogen) atoms. The molecule has 0 aliphatic heterocycles. The summed E-state index contributed by atoms with van der Waals surface area (Å²) in [5, 5.41) is 8.42. The summed E-state index contributed by atoms with van der Waals surface area (Å²) in [7, 11) is 3.64. The summed E-state index contributed by atoms with van der Waals surface area (Å²) in [4.78, 5) is 0. The number of ether oxygens (including phenoxy) is 1. The predicted octanol–water partition coefficient (Wildman–Crippen LogP) is 3.46. The van der Waals surface area contributed by atoms with Gasteiger partial charge in [0.15, 0.2) is 0 Å². The molecule has 0 fully saturated rings.